The minimum absolute atomic E-state index is 0.304. The minimum atomic E-state index is 0.304. The van der Waals surface area contributed by atoms with E-state index in [1.165, 1.54) is 0 Å². The SMILES string of the molecule is COc1ccc2c(c1)CC(=O)C2. The van der Waals surface area contributed by atoms with Gasteiger partial charge in [-0.2, -0.15) is 0 Å². The smallest absolute Gasteiger partial charge is 0.141 e. The molecule has 0 saturated carbocycles. The molecule has 0 radical (unpaired) electrons. The van der Waals surface area contributed by atoms with Crippen molar-refractivity contribution in [2.45, 2.75) is 12.8 Å². The molecule has 1 aromatic rings. The van der Waals surface area contributed by atoms with Gasteiger partial charge in [0.15, 0.2) is 0 Å². The van der Waals surface area contributed by atoms with Crippen LogP contribution in [-0.4, -0.2) is 12.9 Å². The van der Waals surface area contributed by atoms with Crippen LogP contribution in [0.4, 0.5) is 0 Å². The number of methoxy groups -OCH3 is 1. The summed E-state index contributed by atoms with van der Waals surface area (Å²) in [5.74, 6) is 1.14. The quantitative estimate of drug-likeness (QED) is 0.623. The third-order valence-corrected chi connectivity index (χ3v) is 2.19. The Labute approximate surface area is 71.2 Å². The molecule has 0 aliphatic heterocycles. The van der Waals surface area contributed by atoms with Gasteiger partial charge >= 0.3 is 0 Å². The highest BCUT2D eigenvalue weighted by atomic mass is 16.5. The summed E-state index contributed by atoms with van der Waals surface area (Å²) in [5, 5.41) is 0. The molecule has 2 rings (SSSR count). The topological polar surface area (TPSA) is 26.3 Å². The van der Waals surface area contributed by atoms with Crippen LogP contribution in [0, 0.1) is 0 Å². The van der Waals surface area contributed by atoms with Crippen molar-refractivity contribution in [3.8, 4) is 5.75 Å². The summed E-state index contributed by atoms with van der Waals surface area (Å²) < 4.78 is 5.06. The van der Waals surface area contributed by atoms with E-state index in [2.05, 4.69) is 0 Å². The fraction of sp³-hybridized carbons (Fsp3) is 0.300. The third kappa shape index (κ3) is 1.09. The van der Waals surface area contributed by atoms with Gasteiger partial charge in [-0.3, -0.25) is 4.79 Å². The van der Waals surface area contributed by atoms with Gasteiger partial charge in [0.2, 0.25) is 0 Å². The van der Waals surface area contributed by atoms with Crippen LogP contribution in [0.25, 0.3) is 0 Å². The molecule has 62 valence electrons. The lowest BCUT2D eigenvalue weighted by molar-refractivity contribution is -0.117. The maximum atomic E-state index is 11.1. The predicted molar refractivity (Wildman–Crippen MR) is 45.4 cm³/mol. The Morgan fingerprint density at radius 3 is 2.75 bits per heavy atom. The molecule has 0 N–H and O–H groups in total. The Morgan fingerprint density at radius 1 is 1.25 bits per heavy atom. The maximum Gasteiger partial charge on any atom is 0.141 e. The van der Waals surface area contributed by atoms with E-state index in [0.717, 1.165) is 16.9 Å². The lowest BCUT2D eigenvalue weighted by atomic mass is 10.1. The summed E-state index contributed by atoms with van der Waals surface area (Å²) >= 11 is 0. The fourth-order valence-electron chi connectivity index (χ4n) is 1.55. The Balaban J connectivity index is 2.41. The zero-order chi connectivity index (χ0) is 8.55. The molecule has 0 bridgehead atoms. The largest absolute Gasteiger partial charge is 0.497 e. The summed E-state index contributed by atoms with van der Waals surface area (Å²) in [6.45, 7) is 0. The molecule has 12 heavy (non-hydrogen) atoms. The second-order valence-electron chi connectivity index (χ2n) is 3.03. The first-order chi connectivity index (χ1) is 5.79. The summed E-state index contributed by atoms with van der Waals surface area (Å²) in [6.07, 6.45) is 1.17. The van der Waals surface area contributed by atoms with Crippen LogP contribution in [0.15, 0.2) is 18.2 Å². The van der Waals surface area contributed by atoms with Crippen molar-refractivity contribution in [1.82, 2.24) is 0 Å². The molecule has 1 aliphatic rings. The Kier molecular flexibility index (Phi) is 1.61. The van der Waals surface area contributed by atoms with E-state index < -0.39 is 0 Å². The van der Waals surface area contributed by atoms with E-state index in [9.17, 15) is 4.79 Å². The van der Waals surface area contributed by atoms with E-state index >= 15 is 0 Å². The van der Waals surface area contributed by atoms with Crippen molar-refractivity contribution >= 4 is 5.78 Å². The van der Waals surface area contributed by atoms with Gasteiger partial charge in [-0.05, 0) is 23.3 Å². The lowest BCUT2D eigenvalue weighted by Crippen LogP contribution is -1.92. The molecule has 1 aliphatic carbocycles. The van der Waals surface area contributed by atoms with E-state index in [1.54, 1.807) is 7.11 Å². The minimum Gasteiger partial charge on any atom is -0.497 e. The van der Waals surface area contributed by atoms with Gasteiger partial charge in [0.05, 0.1) is 7.11 Å². The van der Waals surface area contributed by atoms with Crippen LogP contribution < -0.4 is 4.74 Å². The van der Waals surface area contributed by atoms with Crippen LogP contribution in [0.3, 0.4) is 0 Å². The normalized spacial score (nSPS) is 14.6. The van der Waals surface area contributed by atoms with Crippen molar-refractivity contribution in [2.75, 3.05) is 7.11 Å². The standard InChI is InChI=1S/C10H10O2/c1-12-10-3-2-7-4-9(11)5-8(7)6-10/h2-3,6H,4-5H2,1H3. The molecule has 2 heteroatoms. The average Bonchev–Trinajstić information content (AvgIpc) is 2.43. The average molecular weight is 162 g/mol. The summed E-state index contributed by atoms with van der Waals surface area (Å²) in [6, 6.07) is 5.82. The highest BCUT2D eigenvalue weighted by Gasteiger charge is 2.18. The number of rotatable bonds is 1. The summed E-state index contributed by atoms with van der Waals surface area (Å²) in [5.41, 5.74) is 2.28. The van der Waals surface area contributed by atoms with Crippen LogP contribution >= 0.6 is 0 Å². The van der Waals surface area contributed by atoms with Gasteiger partial charge < -0.3 is 4.74 Å². The molecular formula is C10H10O2. The number of carbonyl (C=O) groups is 1. The van der Waals surface area contributed by atoms with Crippen molar-refractivity contribution < 1.29 is 9.53 Å². The van der Waals surface area contributed by atoms with E-state index in [-0.39, 0.29) is 0 Å². The van der Waals surface area contributed by atoms with Gasteiger partial charge in [-0.15, -0.1) is 0 Å². The first-order valence-electron chi connectivity index (χ1n) is 3.97. The van der Waals surface area contributed by atoms with Gasteiger partial charge in [-0.25, -0.2) is 0 Å². The second-order valence-corrected chi connectivity index (χ2v) is 3.03. The Hall–Kier alpha value is -1.31. The molecular weight excluding hydrogens is 152 g/mol. The molecule has 0 unspecified atom stereocenters. The summed E-state index contributed by atoms with van der Waals surface area (Å²) in [7, 11) is 1.64. The molecule has 0 aromatic heterocycles. The van der Waals surface area contributed by atoms with Crippen molar-refractivity contribution in [3.05, 3.63) is 29.3 Å². The van der Waals surface area contributed by atoms with Gasteiger partial charge in [-0.1, -0.05) is 6.07 Å². The first-order valence-corrected chi connectivity index (χ1v) is 3.97. The van der Waals surface area contributed by atoms with Crippen LogP contribution in [0.5, 0.6) is 5.75 Å². The molecule has 0 saturated heterocycles. The second kappa shape index (κ2) is 2.63. The predicted octanol–water partition coefficient (Wildman–Crippen LogP) is 1.36. The first kappa shape index (κ1) is 7.35. The molecule has 1 aromatic carbocycles. The van der Waals surface area contributed by atoms with Crippen LogP contribution in [0.2, 0.25) is 0 Å². The Morgan fingerprint density at radius 2 is 2.00 bits per heavy atom. The number of hydrogen-bond donors (Lipinski definition) is 0. The zero-order valence-corrected chi connectivity index (χ0v) is 6.96. The van der Waals surface area contributed by atoms with Gasteiger partial charge in [0.25, 0.3) is 0 Å². The van der Waals surface area contributed by atoms with E-state index in [4.69, 9.17) is 4.74 Å². The number of carbonyl (C=O) groups excluding carboxylic acids is 1. The molecule has 0 heterocycles. The van der Waals surface area contributed by atoms with Crippen molar-refractivity contribution in [3.63, 3.8) is 0 Å². The summed E-state index contributed by atoms with van der Waals surface area (Å²) in [4.78, 5) is 11.1. The van der Waals surface area contributed by atoms with E-state index in [1.807, 2.05) is 18.2 Å². The Bertz CT molecular complexity index is 329. The van der Waals surface area contributed by atoms with Gasteiger partial charge in [0, 0.05) is 12.8 Å². The van der Waals surface area contributed by atoms with E-state index in [0.29, 0.717) is 18.6 Å². The van der Waals surface area contributed by atoms with Crippen molar-refractivity contribution in [1.29, 1.82) is 0 Å². The van der Waals surface area contributed by atoms with Gasteiger partial charge in [0.1, 0.15) is 11.5 Å². The molecule has 0 spiro atoms. The number of Topliss-reactive ketones (excluding diaryl/α,β-unsaturated/α-hetero) is 1. The third-order valence-electron chi connectivity index (χ3n) is 2.19. The zero-order valence-electron chi connectivity index (χ0n) is 6.96. The maximum absolute atomic E-state index is 11.1. The van der Waals surface area contributed by atoms with Crippen LogP contribution in [0.1, 0.15) is 11.1 Å². The van der Waals surface area contributed by atoms with Crippen molar-refractivity contribution in [2.24, 2.45) is 0 Å². The number of hydrogen-bond acceptors (Lipinski definition) is 2. The van der Waals surface area contributed by atoms with Crippen LogP contribution in [-0.2, 0) is 17.6 Å². The number of fused-ring (bicyclic) bond motifs is 1. The monoisotopic (exact) mass is 162 g/mol. The molecule has 2 nitrogen and oxygen atoms in total. The molecule has 0 amide bonds. The number of ketones is 1. The number of ether oxygens (including phenoxy) is 1. The molecule has 0 fully saturated rings. The highest BCUT2D eigenvalue weighted by Crippen LogP contribution is 2.23. The fourth-order valence-corrected chi connectivity index (χ4v) is 1.55. The number of benzene rings is 1. The lowest BCUT2D eigenvalue weighted by Gasteiger charge is -2.01. The highest BCUT2D eigenvalue weighted by molar-refractivity contribution is 5.88. The molecule has 0 atom stereocenters.